The zero-order valence-corrected chi connectivity index (χ0v) is 13.5. The second-order valence-corrected chi connectivity index (χ2v) is 5.83. The Bertz CT molecular complexity index is 517. The molecule has 0 saturated carbocycles. The highest BCUT2D eigenvalue weighted by atomic mass is 19.4. The van der Waals surface area contributed by atoms with Crippen molar-refractivity contribution >= 4 is 6.03 Å². The van der Waals surface area contributed by atoms with E-state index in [-0.39, 0.29) is 6.61 Å². The maximum absolute atomic E-state index is 12.5. The van der Waals surface area contributed by atoms with Crippen LogP contribution in [-0.4, -0.2) is 23.3 Å². The van der Waals surface area contributed by atoms with E-state index in [0.29, 0.717) is 18.4 Å². The third-order valence-electron chi connectivity index (χ3n) is 3.94. The SMILES string of the molecule is CCC(C)(CCO)NC(=O)NC(C)c1ccc(C(F)(F)F)cc1. The summed E-state index contributed by atoms with van der Waals surface area (Å²) in [5.41, 5.74) is -0.675. The van der Waals surface area contributed by atoms with Gasteiger partial charge < -0.3 is 15.7 Å². The lowest BCUT2D eigenvalue weighted by molar-refractivity contribution is -0.137. The summed E-state index contributed by atoms with van der Waals surface area (Å²) < 4.78 is 37.6. The van der Waals surface area contributed by atoms with Gasteiger partial charge in [-0.15, -0.1) is 0 Å². The molecule has 0 aliphatic carbocycles. The number of alkyl halides is 3. The number of carbonyl (C=O) groups is 1. The zero-order chi connectivity index (χ0) is 17.7. The minimum absolute atomic E-state index is 0.0426. The molecule has 0 saturated heterocycles. The number of benzene rings is 1. The number of hydrogen-bond acceptors (Lipinski definition) is 2. The first-order valence-corrected chi connectivity index (χ1v) is 7.48. The number of carbonyl (C=O) groups excluding carboxylic acids is 1. The second kappa shape index (κ2) is 7.68. The van der Waals surface area contributed by atoms with E-state index in [1.54, 1.807) is 6.92 Å². The zero-order valence-electron chi connectivity index (χ0n) is 13.5. The van der Waals surface area contributed by atoms with Crippen LogP contribution in [-0.2, 0) is 6.18 Å². The van der Waals surface area contributed by atoms with Crippen molar-refractivity contribution in [3.63, 3.8) is 0 Å². The molecule has 23 heavy (non-hydrogen) atoms. The highest BCUT2D eigenvalue weighted by molar-refractivity contribution is 5.75. The average Bonchev–Trinajstić information content (AvgIpc) is 2.46. The van der Waals surface area contributed by atoms with Gasteiger partial charge in [0, 0.05) is 12.1 Å². The van der Waals surface area contributed by atoms with Crippen molar-refractivity contribution in [2.45, 2.75) is 51.4 Å². The summed E-state index contributed by atoms with van der Waals surface area (Å²) in [4.78, 5) is 12.0. The maximum Gasteiger partial charge on any atom is 0.416 e. The molecule has 4 nitrogen and oxygen atoms in total. The topological polar surface area (TPSA) is 61.4 Å². The van der Waals surface area contributed by atoms with Crippen LogP contribution in [0, 0.1) is 0 Å². The van der Waals surface area contributed by atoms with Gasteiger partial charge in [0.2, 0.25) is 0 Å². The number of rotatable bonds is 6. The molecule has 0 fully saturated rings. The predicted molar refractivity (Wildman–Crippen MR) is 81.9 cm³/mol. The molecule has 1 rings (SSSR count). The molecule has 2 amide bonds. The van der Waals surface area contributed by atoms with Crippen LogP contribution < -0.4 is 10.6 Å². The summed E-state index contributed by atoms with van der Waals surface area (Å²) in [6.07, 6.45) is -3.30. The number of amides is 2. The predicted octanol–water partition coefficient (Wildman–Crippen LogP) is 3.62. The smallest absolute Gasteiger partial charge is 0.396 e. The Morgan fingerprint density at radius 2 is 1.83 bits per heavy atom. The van der Waals surface area contributed by atoms with E-state index >= 15 is 0 Å². The molecule has 1 aromatic carbocycles. The fourth-order valence-corrected chi connectivity index (χ4v) is 2.13. The lowest BCUT2D eigenvalue weighted by Crippen LogP contribution is -2.50. The fraction of sp³-hybridized carbons (Fsp3) is 0.562. The first kappa shape index (κ1) is 19.3. The quantitative estimate of drug-likeness (QED) is 0.745. The average molecular weight is 332 g/mol. The van der Waals surface area contributed by atoms with Gasteiger partial charge in [0.15, 0.2) is 0 Å². The van der Waals surface area contributed by atoms with Crippen LogP contribution in [0.1, 0.15) is 50.8 Å². The van der Waals surface area contributed by atoms with E-state index in [1.165, 1.54) is 12.1 Å². The van der Waals surface area contributed by atoms with Crippen LogP contribution in [0.3, 0.4) is 0 Å². The van der Waals surface area contributed by atoms with Crippen LogP contribution in [0.15, 0.2) is 24.3 Å². The fourth-order valence-electron chi connectivity index (χ4n) is 2.13. The van der Waals surface area contributed by atoms with E-state index in [1.807, 2.05) is 13.8 Å². The highest BCUT2D eigenvalue weighted by Crippen LogP contribution is 2.29. The molecule has 0 spiro atoms. The van der Waals surface area contributed by atoms with Crippen molar-refractivity contribution in [3.8, 4) is 0 Å². The summed E-state index contributed by atoms with van der Waals surface area (Å²) in [5.74, 6) is 0. The van der Waals surface area contributed by atoms with E-state index in [9.17, 15) is 18.0 Å². The van der Waals surface area contributed by atoms with Crippen LogP contribution in [0.5, 0.6) is 0 Å². The molecule has 0 radical (unpaired) electrons. The molecular weight excluding hydrogens is 309 g/mol. The lowest BCUT2D eigenvalue weighted by Gasteiger charge is -2.30. The molecule has 130 valence electrons. The summed E-state index contributed by atoms with van der Waals surface area (Å²) in [7, 11) is 0. The first-order valence-electron chi connectivity index (χ1n) is 7.48. The summed E-state index contributed by atoms with van der Waals surface area (Å²) in [5, 5.41) is 14.5. The Kier molecular flexibility index (Phi) is 6.44. The molecule has 0 heterocycles. The number of nitrogens with one attached hydrogen (secondary N) is 2. The maximum atomic E-state index is 12.5. The van der Waals surface area contributed by atoms with Gasteiger partial charge in [-0.25, -0.2) is 4.79 Å². The summed E-state index contributed by atoms with van der Waals surface area (Å²) in [6, 6.07) is 3.82. The Hall–Kier alpha value is -1.76. The largest absolute Gasteiger partial charge is 0.416 e. The van der Waals surface area contributed by atoms with E-state index in [4.69, 9.17) is 5.11 Å². The molecule has 3 N–H and O–H groups in total. The van der Waals surface area contributed by atoms with Gasteiger partial charge in [0.25, 0.3) is 0 Å². The van der Waals surface area contributed by atoms with Crippen molar-refractivity contribution in [1.82, 2.24) is 10.6 Å². The minimum atomic E-state index is -4.38. The van der Waals surface area contributed by atoms with Crippen molar-refractivity contribution in [2.75, 3.05) is 6.61 Å². The normalized spacial score (nSPS) is 15.6. The third-order valence-corrected chi connectivity index (χ3v) is 3.94. The number of hydrogen-bond donors (Lipinski definition) is 3. The van der Waals surface area contributed by atoms with E-state index < -0.39 is 29.4 Å². The van der Waals surface area contributed by atoms with Crippen molar-refractivity contribution in [3.05, 3.63) is 35.4 Å². The molecule has 1 aromatic rings. The van der Waals surface area contributed by atoms with Gasteiger partial charge in [-0.1, -0.05) is 19.1 Å². The Morgan fingerprint density at radius 3 is 2.26 bits per heavy atom. The molecule has 0 aliphatic rings. The van der Waals surface area contributed by atoms with E-state index in [2.05, 4.69) is 10.6 Å². The van der Waals surface area contributed by atoms with Gasteiger partial charge in [-0.3, -0.25) is 0 Å². The molecule has 2 atom stereocenters. The lowest BCUT2D eigenvalue weighted by atomic mass is 9.95. The monoisotopic (exact) mass is 332 g/mol. The Balaban J connectivity index is 2.68. The highest BCUT2D eigenvalue weighted by Gasteiger charge is 2.30. The molecule has 0 aromatic heterocycles. The van der Waals surface area contributed by atoms with Crippen LogP contribution >= 0.6 is 0 Å². The van der Waals surface area contributed by atoms with Crippen LogP contribution in [0.2, 0.25) is 0 Å². The number of aliphatic hydroxyl groups excluding tert-OH is 1. The van der Waals surface area contributed by atoms with Gasteiger partial charge in [0.1, 0.15) is 0 Å². The van der Waals surface area contributed by atoms with Crippen molar-refractivity contribution in [2.24, 2.45) is 0 Å². The number of urea groups is 1. The van der Waals surface area contributed by atoms with E-state index in [0.717, 1.165) is 12.1 Å². The van der Waals surface area contributed by atoms with Crippen LogP contribution in [0.25, 0.3) is 0 Å². The van der Waals surface area contributed by atoms with Gasteiger partial charge in [-0.2, -0.15) is 13.2 Å². The van der Waals surface area contributed by atoms with Gasteiger partial charge in [-0.05, 0) is 44.4 Å². The first-order chi connectivity index (χ1) is 10.6. The number of halogens is 3. The van der Waals surface area contributed by atoms with Crippen molar-refractivity contribution < 1.29 is 23.1 Å². The Labute approximate surface area is 134 Å². The minimum Gasteiger partial charge on any atom is -0.396 e. The molecular formula is C16H23F3N2O2. The summed E-state index contributed by atoms with van der Waals surface area (Å²) >= 11 is 0. The van der Waals surface area contributed by atoms with Crippen LogP contribution in [0.4, 0.5) is 18.0 Å². The summed E-state index contributed by atoms with van der Waals surface area (Å²) in [6.45, 7) is 5.37. The standard InChI is InChI=1S/C16H23F3N2O2/c1-4-15(3,9-10-22)21-14(23)20-11(2)12-5-7-13(8-6-12)16(17,18)19/h5-8,11,22H,4,9-10H2,1-3H3,(H2,20,21,23). The molecule has 0 bridgehead atoms. The second-order valence-electron chi connectivity index (χ2n) is 5.83. The molecule has 2 unspecified atom stereocenters. The van der Waals surface area contributed by atoms with Gasteiger partial charge >= 0.3 is 12.2 Å². The third kappa shape index (κ3) is 5.74. The molecule has 7 heteroatoms. The van der Waals surface area contributed by atoms with Crippen molar-refractivity contribution in [1.29, 1.82) is 0 Å². The Morgan fingerprint density at radius 1 is 1.26 bits per heavy atom. The number of aliphatic hydroxyl groups is 1. The van der Waals surface area contributed by atoms with Gasteiger partial charge in [0.05, 0.1) is 11.6 Å². The molecule has 0 aliphatic heterocycles.